The van der Waals surface area contributed by atoms with Gasteiger partial charge in [-0.3, -0.25) is 14.2 Å². The standard InChI is InChI=1S/C10H14N4O4/c1-4-5-14(6-7(15)16)8-9(17)12(2)10(18)13(3)11-8/h4H,1,5-6H2,2-3H3,(H,15,16). The van der Waals surface area contributed by atoms with E-state index < -0.39 is 23.8 Å². The molecule has 1 aromatic heterocycles. The van der Waals surface area contributed by atoms with Crippen molar-refractivity contribution in [2.75, 3.05) is 18.0 Å². The van der Waals surface area contributed by atoms with Crippen LogP contribution in [0.5, 0.6) is 0 Å². The van der Waals surface area contributed by atoms with Crippen molar-refractivity contribution in [3.8, 4) is 0 Å². The molecule has 0 aromatic carbocycles. The van der Waals surface area contributed by atoms with E-state index >= 15 is 0 Å². The Labute approximate surface area is 102 Å². The van der Waals surface area contributed by atoms with Gasteiger partial charge in [0.25, 0.3) is 5.56 Å². The molecule has 0 saturated carbocycles. The van der Waals surface area contributed by atoms with Crippen LogP contribution in [0.4, 0.5) is 5.82 Å². The number of aliphatic carboxylic acids is 1. The van der Waals surface area contributed by atoms with E-state index in [1.165, 1.54) is 25.1 Å². The molecule has 0 unspecified atom stereocenters. The van der Waals surface area contributed by atoms with Gasteiger partial charge in [0.2, 0.25) is 5.82 Å². The van der Waals surface area contributed by atoms with Gasteiger partial charge in [-0.15, -0.1) is 11.7 Å². The molecule has 1 N–H and O–H groups in total. The van der Waals surface area contributed by atoms with E-state index in [9.17, 15) is 14.4 Å². The number of hydrogen-bond donors (Lipinski definition) is 1. The largest absolute Gasteiger partial charge is 0.480 e. The van der Waals surface area contributed by atoms with Gasteiger partial charge in [-0.05, 0) is 0 Å². The molecule has 0 spiro atoms. The van der Waals surface area contributed by atoms with E-state index in [-0.39, 0.29) is 12.4 Å². The lowest BCUT2D eigenvalue weighted by Crippen LogP contribution is -2.44. The van der Waals surface area contributed by atoms with Gasteiger partial charge >= 0.3 is 11.7 Å². The van der Waals surface area contributed by atoms with Crippen LogP contribution < -0.4 is 16.1 Å². The fraction of sp³-hybridized carbons (Fsp3) is 0.400. The number of nitrogens with zero attached hydrogens (tertiary/aromatic N) is 4. The summed E-state index contributed by atoms with van der Waals surface area (Å²) in [4.78, 5) is 35.3. The van der Waals surface area contributed by atoms with E-state index in [0.717, 1.165) is 9.25 Å². The molecule has 98 valence electrons. The molecule has 1 rings (SSSR count). The maximum Gasteiger partial charge on any atom is 0.346 e. The predicted molar refractivity (Wildman–Crippen MR) is 64.8 cm³/mol. The van der Waals surface area contributed by atoms with Crippen LogP contribution in [0.2, 0.25) is 0 Å². The number of rotatable bonds is 5. The summed E-state index contributed by atoms with van der Waals surface area (Å²) in [7, 11) is 2.70. The van der Waals surface area contributed by atoms with Crippen LogP contribution in [-0.4, -0.2) is 38.5 Å². The summed E-state index contributed by atoms with van der Waals surface area (Å²) >= 11 is 0. The van der Waals surface area contributed by atoms with Crippen molar-refractivity contribution in [2.24, 2.45) is 14.1 Å². The lowest BCUT2D eigenvalue weighted by Gasteiger charge is -2.19. The van der Waals surface area contributed by atoms with Gasteiger partial charge in [-0.25, -0.2) is 9.48 Å². The Balaban J connectivity index is 3.37. The van der Waals surface area contributed by atoms with Crippen LogP contribution in [0.25, 0.3) is 0 Å². The number of anilines is 1. The fourth-order valence-electron chi connectivity index (χ4n) is 1.43. The van der Waals surface area contributed by atoms with Crippen LogP contribution in [0.3, 0.4) is 0 Å². The predicted octanol–water partition coefficient (Wildman–Crippen LogP) is -1.44. The van der Waals surface area contributed by atoms with Crippen molar-refractivity contribution < 1.29 is 9.90 Å². The first-order valence-corrected chi connectivity index (χ1v) is 5.10. The number of aromatic nitrogens is 3. The Hall–Kier alpha value is -2.38. The summed E-state index contributed by atoms with van der Waals surface area (Å²) in [6.07, 6.45) is 1.45. The molecule has 0 aliphatic carbocycles. The smallest absolute Gasteiger partial charge is 0.346 e. The molecule has 0 bridgehead atoms. The summed E-state index contributed by atoms with van der Waals surface area (Å²) < 4.78 is 1.86. The normalized spacial score (nSPS) is 10.1. The highest BCUT2D eigenvalue weighted by molar-refractivity contribution is 5.73. The Bertz CT molecular complexity index is 587. The first-order chi connectivity index (χ1) is 8.38. The summed E-state index contributed by atoms with van der Waals surface area (Å²) in [5.41, 5.74) is -1.21. The van der Waals surface area contributed by atoms with E-state index in [1.807, 2.05) is 0 Å². The van der Waals surface area contributed by atoms with Crippen LogP contribution in [0.1, 0.15) is 0 Å². The second-order valence-corrected chi connectivity index (χ2v) is 3.66. The third-order valence-corrected chi connectivity index (χ3v) is 2.28. The van der Waals surface area contributed by atoms with Gasteiger partial charge in [0.15, 0.2) is 0 Å². The molecule has 0 saturated heterocycles. The first kappa shape index (κ1) is 13.7. The van der Waals surface area contributed by atoms with Crippen molar-refractivity contribution >= 4 is 11.8 Å². The Morgan fingerprint density at radius 2 is 2.11 bits per heavy atom. The molecular formula is C10H14N4O4. The molecule has 0 fully saturated rings. The molecule has 0 radical (unpaired) electrons. The Kier molecular flexibility index (Phi) is 4.03. The van der Waals surface area contributed by atoms with Crippen molar-refractivity contribution in [3.05, 3.63) is 33.5 Å². The molecule has 0 aliphatic heterocycles. The maximum absolute atomic E-state index is 11.9. The highest BCUT2D eigenvalue weighted by Gasteiger charge is 2.17. The SMILES string of the molecule is C=CCN(CC(=O)O)c1nn(C)c(=O)n(C)c1=O. The summed E-state index contributed by atoms with van der Waals surface area (Å²) in [5, 5.41) is 12.6. The van der Waals surface area contributed by atoms with Gasteiger partial charge < -0.3 is 10.0 Å². The van der Waals surface area contributed by atoms with Crippen molar-refractivity contribution in [1.29, 1.82) is 0 Å². The minimum absolute atomic E-state index is 0.0955. The van der Waals surface area contributed by atoms with Crippen LogP contribution in [0, 0.1) is 0 Å². The number of hydrogen-bond acceptors (Lipinski definition) is 5. The van der Waals surface area contributed by atoms with Crippen molar-refractivity contribution in [2.45, 2.75) is 0 Å². The molecule has 0 atom stereocenters. The van der Waals surface area contributed by atoms with Gasteiger partial charge in [-0.2, -0.15) is 0 Å². The second-order valence-electron chi connectivity index (χ2n) is 3.66. The molecular weight excluding hydrogens is 240 g/mol. The molecule has 0 amide bonds. The number of carboxylic acid groups (broad SMARTS) is 1. The fourth-order valence-corrected chi connectivity index (χ4v) is 1.43. The molecule has 0 aliphatic rings. The van der Waals surface area contributed by atoms with E-state index in [2.05, 4.69) is 11.7 Å². The molecule has 18 heavy (non-hydrogen) atoms. The number of carbonyl (C=O) groups is 1. The van der Waals surface area contributed by atoms with Crippen LogP contribution in [-0.2, 0) is 18.9 Å². The Morgan fingerprint density at radius 3 is 2.61 bits per heavy atom. The molecule has 8 nitrogen and oxygen atoms in total. The lowest BCUT2D eigenvalue weighted by atomic mass is 10.4. The van der Waals surface area contributed by atoms with Gasteiger partial charge in [0, 0.05) is 20.6 Å². The summed E-state index contributed by atoms with van der Waals surface area (Å²) in [6, 6.07) is 0. The highest BCUT2D eigenvalue weighted by atomic mass is 16.4. The third-order valence-electron chi connectivity index (χ3n) is 2.28. The van der Waals surface area contributed by atoms with Gasteiger partial charge in [0.05, 0.1) is 0 Å². The van der Waals surface area contributed by atoms with Gasteiger partial charge in [-0.1, -0.05) is 6.08 Å². The quantitative estimate of drug-likeness (QED) is 0.646. The lowest BCUT2D eigenvalue weighted by molar-refractivity contribution is -0.135. The maximum atomic E-state index is 11.9. The zero-order valence-corrected chi connectivity index (χ0v) is 10.2. The monoisotopic (exact) mass is 254 g/mol. The summed E-state index contributed by atoms with van der Waals surface area (Å²) in [5.74, 6) is -1.20. The van der Waals surface area contributed by atoms with Crippen molar-refractivity contribution in [1.82, 2.24) is 14.3 Å². The van der Waals surface area contributed by atoms with Crippen LogP contribution in [0.15, 0.2) is 22.2 Å². The zero-order valence-electron chi connectivity index (χ0n) is 10.2. The number of aryl methyl sites for hydroxylation is 1. The van der Waals surface area contributed by atoms with Crippen molar-refractivity contribution in [3.63, 3.8) is 0 Å². The number of carboxylic acids is 1. The highest BCUT2D eigenvalue weighted by Crippen LogP contribution is 2.01. The zero-order chi connectivity index (χ0) is 13.9. The first-order valence-electron chi connectivity index (χ1n) is 5.10. The average Bonchev–Trinajstić information content (AvgIpc) is 2.30. The minimum atomic E-state index is -1.10. The Morgan fingerprint density at radius 1 is 1.50 bits per heavy atom. The van der Waals surface area contributed by atoms with E-state index in [0.29, 0.717) is 0 Å². The minimum Gasteiger partial charge on any atom is -0.480 e. The topological polar surface area (TPSA) is 97.4 Å². The second kappa shape index (κ2) is 5.30. The molecule has 1 heterocycles. The molecule has 1 aromatic rings. The third kappa shape index (κ3) is 2.65. The van der Waals surface area contributed by atoms with E-state index in [4.69, 9.17) is 5.11 Å². The molecule has 8 heteroatoms. The van der Waals surface area contributed by atoms with Crippen LogP contribution >= 0.6 is 0 Å². The average molecular weight is 254 g/mol. The van der Waals surface area contributed by atoms with Gasteiger partial charge in [0.1, 0.15) is 6.54 Å². The summed E-state index contributed by atoms with van der Waals surface area (Å²) in [6.45, 7) is 3.23. The van der Waals surface area contributed by atoms with E-state index in [1.54, 1.807) is 0 Å².